The van der Waals surface area contributed by atoms with Crippen LogP contribution in [0.3, 0.4) is 0 Å². The van der Waals surface area contributed by atoms with Gasteiger partial charge in [-0.3, -0.25) is 29.7 Å². The van der Waals surface area contributed by atoms with E-state index in [-0.39, 0.29) is 23.8 Å². The molecule has 11 nitrogen and oxygen atoms in total. The number of benzene rings is 1. The largest absolute Gasteiger partial charge is 0.475 e. The van der Waals surface area contributed by atoms with Gasteiger partial charge in [0.05, 0.1) is 17.0 Å². The van der Waals surface area contributed by atoms with E-state index in [0.29, 0.717) is 5.69 Å². The Kier molecular flexibility index (Phi) is 4.50. The molecule has 0 unspecified atom stereocenters. The highest BCUT2D eigenvalue weighted by Crippen LogP contribution is 2.23. The van der Waals surface area contributed by atoms with Crippen LogP contribution in [0.25, 0.3) is 0 Å². The summed E-state index contributed by atoms with van der Waals surface area (Å²) in [5.74, 6) is -0.697. The molecule has 0 atom stereocenters. The van der Waals surface area contributed by atoms with Gasteiger partial charge < -0.3 is 10.1 Å². The Bertz CT molecular complexity index is 754. The second-order valence-corrected chi connectivity index (χ2v) is 4.33. The van der Waals surface area contributed by atoms with Crippen LogP contribution in [0.1, 0.15) is 0 Å². The quantitative estimate of drug-likeness (QED) is 0.624. The van der Waals surface area contributed by atoms with Gasteiger partial charge in [0.1, 0.15) is 12.7 Å². The predicted octanol–water partition coefficient (Wildman–Crippen LogP) is 1.35. The number of ether oxygens (including phenoxy) is 1. The number of anilines is 1. The lowest BCUT2D eigenvalue weighted by atomic mass is 10.3. The summed E-state index contributed by atoms with van der Waals surface area (Å²) < 4.78 is 5.82. The van der Waals surface area contributed by atoms with E-state index in [9.17, 15) is 25.0 Å². The first kappa shape index (κ1) is 15.9. The molecule has 0 fully saturated rings. The van der Waals surface area contributed by atoms with Crippen molar-refractivity contribution in [1.29, 1.82) is 0 Å². The van der Waals surface area contributed by atoms with Crippen molar-refractivity contribution in [2.24, 2.45) is 0 Å². The predicted molar refractivity (Wildman–Crippen MR) is 77.2 cm³/mol. The maximum absolute atomic E-state index is 11.9. The summed E-state index contributed by atoms with van der Waals surface area (Å²) in [6.45, 7) is -0.277. The first-order valence-corrected chi connectivity index (χ1v) is 6.21. The number of non-ortho nitro benzene ring substituents is 1. The number of hydrogen-bond donors (Lipinski definition) is 1. The van der Waals surface area contributed by atoms with E-state index in [1.165, 1.54) is 31.4 Å². The van der Waals surface area contributed by atoms with Gasteiger partial charge in [0.15, 0.2) is 0 Å². The highest BCUT2D eigenvalue weighted by atomic mass is 16.6. The number of methoxy groups -OCH3 is 1. The van der Waals surface area contributed by atoms with Gasteiger partial charge in [-0.1, -0.05) is 0 Å². The van der Waals surface area contributed by atoms with Gasteiger partial charge >= 0.3 is 11.6 Å². The zero-order valence-corrected chi connectivity index (χ0v) is 11.8. The Morgan fingerprint density at radius 3 is 2.39 bits per heavy atom. The van der Waals surface area contributed by atoms with Crippen LogP contribution in [-0.2, 0) is 11.3 Å². The summed E-state index contributed by atoms with van der Waals surface area (Å²) in [5, 5.41) is 27.6. The van der Waals surface area contributed by atoms with Crippen LogP contribution < -0.4 is 10.1 Å². The molecule has 0 bridgehead atoms. The van der Waals surface area contributed by atoms with Crippen LogP contribution >= 0.6 is 0 Å². The first-order chi connectivity index (χ1) is 10.9. The van der Waals surface area contributed by atoms with Crippen molar-refractivity contribution in [3.05, 3.63) is 50.7 Å². The highest BCUT2D eigenvalue weighted by Gasteiger charge is 2.21. The number of hydrogen-bond acceptors (Lipinski definition) is 7. The van der Waals surface area contributed by atoms with Gasteiger partial charge in [0.25, 0.3) is 5.69 Å². The summed E-state index contributed by atoms with van der Waals surface area (Å²) in [6.07, 6.45) is 1.08. The number of nitrogens with one attached hydrogen (secondary N) is 1. The smallest absolute Gasteiger partial charge is 0.350 e. The summed E-state index contributed by atoms with van der Waals surface area (Å²) in [6, 6.07) is 5.25. The molecule has 2 rings (SSSR count). The molecular weight excluding hydrogens is 310 g/mol. The van der Waals surface area contributed by atoms with Crippen molar-refractivity contribution >= 4 is 23.0 Å². The maximum Gasteiger partial charge on any atom is 0.350 e. The average Bonchev–Trinajstić information content (AvgIpc) is 2.90. The van der Waals surface area contributed by atoms with E-state index < -0.39 is 15.8 Å². The van der Waals surface area contributed by atoms with Gasteiger partial charge in [-0.05, 0) is 12.1 Å². The normalized spacial score (nSPS) is 10.1. The first-order valence-electron chi connectivity index (χ1n) is 6.21. The fourth-order valence-corrected chi connectivity index (χ4v) is 1.76. The van der Waals surface area contributed by atoms with Crippen molar-refractivity contribution in [2.75, 3.05) is 12.4 Å². The number of aromatic nitrogens is 2. The van der Waals surface area contributed by atoms with E-state index in [0.717, 1.165) is 10.9 Å². The second kappa shape index (κ2) is 6.51. The average molecular weight is 321 g/mol. The van der Waals surface area contributed by atoms with Crippen molar-refractivity contribution in [3.63, 3.8) is 0 Å². The van der Waals surface area contributed by atoms with Crippen molar-refractivity contribution in [1.82, 2.24) is 9.78 Å². The molecule has 1 amide bonds. The number of nitro benzene ring substituents is 1. The third-order valence-electron chi connectivity index (χ3n) is 2.77. The number of nitro groups is 2. The number of carbonyl (C=O) groups excluding carboxylic acids is 1. The van der Waals surface area contributed by atoms with E-state index in [1.54, 1.807) is 0 Å². The number of rotatable bonds is 6. The van der Waals surface area contributed by atoms with Crippen LogP contribution in [0.2, 0.25) is 0 Å². The Morgan fingerprint density at radius 1 is 1.26 bits per heavy atom. The molecule has 11 heteroatoms. The Balaban J connectivity index is 2.04. The fourth-order valence-electron chi connectivity index (χ4n) is 1.76. The van der Waals surface area contributed by atoms with Crippen LogP contribution in [-0.4, -0.2) is 32.6 Å². The molecule has 0 spiro atoms. The molecule has 1 aromatic carbocycles. The molecule has 0 saturated carbocycles. The molecule has 0 aliphatic carbocycles. The lowest BCUT2D eigenvalue weighted by Crippen LogP contribution is -2.19. The molecule has 23 heavy (non-hydrogen) atoms. The SMILES string of the molecule is COc1nn(CC(=O)Nc2ccc([N+](=O)[O-])cc2)cc1[N+](=O)[O-]. The van der Waals surface area contributed by atoms with Gasteiger partial charge in [-0.25, -0.2) is 0 Å². The second-order valence-electron chi connectivity index (χ2n) is 4.33. The standard InChI is InChI=1S/C12H11N5O6/c1-23-12-10(17(21)22)6-15(14-12)7-11(18)13-8-2-4-9(5-3-8)16(19)20/h2-6H,7H2,1H3,(H,13,18). The molecular formula is C12H11N5O6. The zero-order valence-electron chi connectivity index (χ0n) is 11.8. The monoisotopic (exact) mass is 321 g/mol. The van der Waals surface area contributed by atoms with E-state index in [1.807, 2.05) is 0 Å². The lowest BCUT2D eigenvalue weighted by Gasteiger charge is -2.04. The Hall–Kier alpha value is -3.50. The van der Waals surface area contributed by atoms with Gasteiger partial charge in [0, 0.05) is 17.8 Å². The van der Waals surface area contributed by atoms with E-state index in [4.69, 9.17) is 4.74 Å². The maximum atomic E-state index is 11.9. The van der Waals surface area contributed by atoms with Crippen LogP contribution in [0, 0.1) is 20.2 Å². The molecule has 0 saturated heterocycles. The molecule has 0 aliphatic heterocycles. The van der Waals surface area contributed by atoms with Gasteiger partial charge in [0.2, 0.25) is 5.91 Å². The van der Waals surface area contributed by atoms with Crippen LogP contribution in [0.5, 0.6) is 5.88 Å². The van der Waals surface area contributed by atoms with Gasteiger partial charge in [-0.15, -0.1) is 5.10 Å². The summed E-state index contributed by atoms with van der Waals surface area (Å²) in [7, 11) is 1.23. The molecule has 1 aromatic heterocycles. The van der Waals surface area contributed by atoms with E-state index in [2.05, 4.69) is 10.4 Å². The Morgan fingerprint density at radius 2 is 1.91 bits per heavy atom. The van der Waals surface area contributed by atoms with E-state index >= 15 is 0 Å². The van der Waals surface area contributed by atoms with Crippen molar-refractivity contribution in [3.8, 4) is 5.88 Å². The Labute approximate surface area is 128 Å². The molecule has 1 heterocycles. The molecule has 0 aliphatic rings. The molecule has 2 aromatic rings. The molecule has 1 N–H and O–H groups in total. The summed E-state index contributed by atoms with van der Waals surface area (Å²) in [5.41, 5.74) is -0.0970. The molecule has 0 radical (unpaired) electrons. The minimum Gasteiger partial charge on any atom is -0.475 e. The van der Waals surface area contributed by atoms with Crippen LogP contribution in [0.15, 0.2) is 30.5 Å². The zero-order chi connectivity index (χ0) is 17.0. The third-order valence-corrected chi connectivity index (χ3v) is 2.77. The third kappa shape index (κ3) is 3.78. The van der Waals surface area contributed by atoms with Crippen LogP contribution in [0.4, 0.5) is 17.1 Å². The highest BCUT2D eigenvalue weighted by molar-refractivity contribution is 5.90. The lowest BCUT2D eigenvalue weighted by molar-refractivity contribution is -0.385. The number of carbonyl (C=O) groups is 1. The minimum atomic E-state index is -0.670. The molecule has 120 valence electrons. The fraction of sp³-hybridized carbons (Fsp3) is 0.167. The van der Waals surface area contributed by atoms with Gasteiger partial charge in [-0.2, -0.15) is 0 Å². The summed E-state index contributed by atoms with van der Waals surface area (Å²) in [4.78, 5) is 31.9. The summed E-state index contributed by atoms with van der Waals surface area (Å²) >= 11 is 0. The van der Waals surface area contributed by atoms with Crippen molar-refractivity contribution in [2.45, 2.75) is 6.54 Å². The minimum absolute atomic E-state index is 0.101. The topological polar surface area (TPSA) is 142 Å². The number of amides is 1. The van der Waals surface area contributed by atoms with Crippen molar-refractivity contribution < 1.29 is 19.4 Å². The number of nitrogens with zero attached hydrogens (tertiary/aromatic N) is 4.